The predicted octanol–water partition coefficient (Wildman–Crippen LogP) is 1.41. The molecule has 0 fully saturated rings. The highest BCUT2D eigenvalue weighted by Gasteiger charge is 2.23. The van der Waals surface area contributed by atoms with Crippen LogP contribution in [0.5, 0.6) is 0 Å². The molecule has 0 aromatic heterocycles. The monoisotopic (exact) mass is 233 g/mol. The summed E-state index contributed by atoms with van der Waals surface area (Å²) in [5.74, 6) is -1.16. The summed E-state index contributed by atoms with van der Waals surface area (Å²) < 4.78 is 4.75. The van der Waals surface area contributed by atoms with E-state index in [1.165, 1.54) is 0 Å². The van der Waals surface area contributed by atoms with Crippen molar-refractivity contribution >= 4 is 12.1 Å². The second kappa shape index (κ2) is 7.05. The fourth-order valence-electron chi connectivity index (χ4n) is 0.855. The van der Waals surface area contributed by atoms with Crippen LogP contribution < -0.4 is 5.48 Å². The van der Waals surface area contributed by atoms with Gasteiger partial charge in [0.2, 0.25) is 0 Å². The van der Waals surface area contributed by atoms with E-state index < -0.39 is 18.2 Å². The summed E-state index contributed by atoms with van der Waals surface area (Å²) in [5.41, 5.74) is 1.96. The zero-order valence-corrected chi connectivity index (χ0v) is 10.0. The van der Waals surface area contributed by atoms with Crippen molar-refractivity contribution in [3.8, 4) is 0 Å². The van der Waals surface area contributed by atoms with Gasteiger partial charge in [0.25, 0.3) is 0 Å². The highest BCUT2D eigenvalue weighted by Crippen LogP contribution is 2.05. The van der Waals surface area contributed by atoms with Gasteiger partial charge in [-0.05, 0) is 11.8 Å². The summed E-state index contributed by atoms with van der Waals surface area (Å²) in [4.78, 5) is 26.5. The topological polar surface area (TPSA) is 84.9 Å². The molecule has 0 unspecified atom stereocenters. The van der Waals surface area contributed by atoms with Gasteiger partial charge in [-0.3, -0.25) is 4.84 Å². The van der Waals surface area contributed by atoms with Crippen molar-refractivity contribution < 1.29 is 24.3 Å². The number of hydroxylamine groups is 1. The SMILES string of the molecule is CC(C)COC(=O)NO[C@H](C(=O)O)C(C)C. The third-order valence-electron chi connectivity index (χ3n) is 1.67. The fraction of sp³-hybridized carbons (Fsp3) is 0.800. The Morgan fingerprint density at radius 1 is 1.25 bits per heavy atom. The first kappa shape index (κ1) is 14.7. The van der Waals surface area contributed by atoms with Crippen LogP contribution in [0.1, 0.15) is 27.7 Å². The molecule has 0 aliphatic heterocycles. The molecule has 6 nitrogen and oxygen atoms in total. The molecule has 0 bridgehead atoms. The number of carboxylic acids is 1. The second-order valence-corrected chi connectivity index (χ2v) is 4.22. The lowest BCUT2D eigenvalue weighted by Crippen LogP contribution is -2.38. The number of carboxylic acid groups (broad SMARTS) is 1. The maximum atomic E-state index is 11.0. The van der Waals surface area contributed by atoms with Crippen LogP contribution in [-0.4, -0.2) is 29.9 Å². The van der Waals surface area contributed by atoms with Crippen LogP contribution >= 0.6 is 0 Å². The van der Waals surface area contributed by atoms with Crippen LogP contribution in [0.4, 0.5) is 4.79 Å². The molecule has 0 aliphatic carbocycles. The van der Waals surface area contributed by atoms with Gasteiger partial charge in [0, 0.05) is 0 Å². The molecular weight excluding hydrogens is 214 g/mol. The highest BCUT2D eigenvalue weighted by atomic mass is 16.7. The van der Waals surface area contributed by atoms with Crippen LogP contribution in [0.15, 0.2) is 0 Å². The van der Waals surface area contributed by atoms with E-state index in [0.717, 1.165) is 0 Å². The van der Waals surface area contributed by atoms with Gasteiger partial charge < -0.3 is 9.84 Å². The van der Waals surface area contributed by atoms with Gasteiger partial charge in [0.1, 0.15) is 0 Å². The number of aliphatic carboxylic acids is 1. The minimum atomic E-state index is -1.13. The molecule has 0 aromatic carbocycles. The molecule has 0 saturated carbocycles. The molecule has 1 atom stereocenters. The smallest absolute Gasteiger partial charge is 0.431 e. The Hall–Kier alpha value is -1.30. The third-order valence-corrected chi connectivity index (χ3v) is 1.67. The number of nitrogens with one attached hydrogen (secondary N) is 1. The van der Waals surface area contributed by atoms with E-state index in [4.69, 9.17) is 14.7 Å². The standard InChI is InChI=1S/C10H19NO5/c1-6(2)5-15-10(14)11-16-8(7(3)4)9(12)13/h6-8H,5H2,1-4H3,(H,11,14)(H,12,13)/t8-/m0/s1. The predicted molar refractivity (Wildman–Crippen MR) is 56.7 cm³/mol. The zero-order chi connectivity index (χ0) is 12.7. The summed E-state index contributed by atoms with van der Waals surface area (Å²) >= 11 is 0. The minimum Gasteiger partial charge on any atom is -0.479 e. The van der Waals surface area contributed by atoms with Gasteiger partial charge in [0.15, 0.2) is 6.10 Å². The average molecular weight is 233 g/mol. The number of amides is 1. The quantitative estimate of drug-likeness (QED) is 0.677. The summed E-state index contributed by atoms with van der Waals surface area (Å²) in [7, 11) is 0. The molecule has 0 aromatic rings. The summed E-state index contributed by atoms with van der Waals surface area (Å²) in [6.07, 6.45) is -1.85. The first-order valence-electron chi connectivity index (χ1n) is 5.15. The van der Waals surface area contributed by atoms with E-state index >= 15 is 0 Å². The van der Waals surface area contributed by atoms with Crippen molar-refractivity contribution in [3.05, 3.63) is 0 Å². The first-order valence-corrected chi connectivity index (χ1v) is 5.15. The lowest BCUT2D eigenvalue weighted by Gasteiger charge is -2.16. The molecule has 1 amide bonds. The number of ether oxygens (including phenoxy) is 1. The number of hydrogen-bond donors (Lipinski definition) is 2. The number of carbonyl (C=O) groups is 2. The Kier molecular flexibility index (Phi) is 6.48. The van der Waals surface area contributed by atoms with E-state index in [2.05, 4.69) is 0 Å². The summed E-state index contributed by atoms with van der Waals surface area (Å²) in [6, 6.07) is 0. The van der Waals surface area contributed by atoms with Crippen LogP contribution in [0, 0.1) is 11.8 Å². The Balaban J connectivity index is 3.93. The molecule has 0 aliphatic rings. The second-order valence-electron chi connectivity index (χ2n) is 4.22. The van der Waals surface area contributed by atoms with E-state index in [1.54, 1.807) is 13.8 Å². The maximum absolute atomic E-state index is 11.0. The highest BCUT2D eigenvalue weighted by molar-refractivity contribution is 5.73. The molecule has 0 rings (SSSR count). The van der Waals surface area contributed by atoms with Crippen LogP contribution in [-0.2, 0) is 14.4 Å². The Labute approximate surface area is 94.9 Å². The van der Waals surface area contributed by atoms with Crippen molar-refractivity contribution in [1.82, 2.24) is 5.48 Å². The molecule has 2 N–H and O–H groups in total. The van der Waals surface area contributed by atoms with E-state index in [9.17, 15) is 9.59 Å². The number of hydrogen-bond acceptors (Lipinski definition) is 4. The third kappa shape index (κ3) is 6.23. The van der Waals surface area contributed by atoms with Gasteiger partial charge in [0.05, 0.1) is 6.61 Å². The number of rotatable bonds is 6. The largest absolute Gasteiger partial charge is 0.479 e. The van der Waals surface area contributed by atoms with Crippen molar-refractivity contribution in [2.45, 2.75) is 33.8 Å². The molecule has 0 spiro atoms. The van der Waals surface area contributed by atoms with Gasteiger partial charge in [-0.25, -0.2) is 9.59 Å². The maximum Gasteiger partial charge on any atom is 0.431 e. The van der Waals surface area contributed by atoms with Crippen LogP contribution in [0.25, 0.3) is 0 Å². The molecule has 0 heterocycles. The zero-order valence-electron chi connectivity index (χ0n) is 10.0. The van der Waals surface area contributed by atoms with E-state index in [1.807, 2.05) is 19.3 Å². The lowest BCUT2D eigenvalue weighted by atomic mass is 10.1. The normalized spacial score (nSPS) is 12.6. The van der Waals surface area contributed by atoms with E-state index in [-0.39, 0.29) is 18.4 Å². The fourth-order valence-corrected chi connectivity index (χ4v) is 0.855. The van der Waals surface area contributed by atoms with Crippen LogP contribution in [0.3, 0.4) is 0 Å². The molecule has 94 valence electrons. The van der Waals surface area contributed by atoms with Crippen molar-refractivity contribution in [1.29, 1.82) is 0 Å². The van der Waals surface area contributed by atoms with Crippen molar-refractivity contribution in [3.63, 3.8) is 0 Å². The number of carbonyl (C=O) groups excluding carboxylic acids is 1. The molecule has 6 heteroatoms. The van der Waals surface area contributed by atoms with Gasteiger partial charge >= 0.3 is 12.1 Å². The Bertz CT molecular complexity index is 239. The minimum absolute atomic E-state index is 0.214. The summed E-state index contributed by atoms with van der Waals surface area (Å²) in [6.45, 7) is 7.40. The van der Waals surface area contributed by atoms with Gasteiger partial charge in [-0.1, -0.05) is 27.7 Å². The van der Waals surface area contributed by atoms with Crippen LogP contribution in [0.2, 0.25) is 0 Å². The summed E-state index contributed by atoms with van der Waals surface area (Å²) in [5, 5.41) is 8.76. The molecule has 16 heavy (non-hydrogen) atoms. The lowest BCUT2D eigenvalue weighted by molar-refractivity contribution is -0.158. The molecule has 0 saturated heterocycles. The average Bonchev–Trinajstić information content (AvgIpc) is 2.13. The van der Waals surface area contributed by atoms with Crippen molar-refractivity contribution in [2.24, 2.45) is 11.8 Å². The molecule has 0 radical (unpaired) electrons. The van der Waals surface area contributed by atoms with Gasteiger partial charge in [-0.2, -0.15) is 5.48 Å². The Morgan fingerprint density at radius 3 is 2.19 bits per heavy atom. The Morgan fingerprint density at radius 2 is 1.81 bits per heavy atom. The van der Waals surface area contributed by atoms with E-state index in [0.29, 0.717) is 0 Å². The molecular formula is C10H19NO5. The first-order chi connectivity index (χ1) is 7.34. The van der Waals surface area contributed by atoms with Gasteiger partial charge in [-0.15, -0.1) is 0 Å². The van der Waals surface area contributed by atoms with Crippen molar-refractivity contribution in [2.75, 3.05) is 6.61 Å².